The van der Waals surface area contributed by atoms with Crippen molar-refractivity contribution in [3.63, 3.8) is 0 Å². The molecule has 0 aliphatic carbocycles. The smallest absolute Gasteiger partial charge is 0.0654 e. The molecule has 0 spiro atoms. The fourth-order valence-electron chi connectivity index (χ4n) is 7.69. The van der Waals surface area contributed by atoms with Gasteiger partial charge in [-0.3, -0.25) is 0 Å². The molecule has 2 rings (SSSR count). The average Bonchev–Trinajstić information content (AvgIpc) is 3.07. The molecule has 0 aromatic heterocycles. The van der Waals surface area contributed by atoms with Crippen molar-refractivity contribution in [2.45, 2.75) is 188 Å². The van der Waals surface area contributed by atoms with Crippen molar-refractivity contribution in [1.29, 1.82) is 0 Å². The number of rotatable bonds is 29. The summed E-state index contributed by atoms with van der Waals surface area (Å²) in [6, 6.07) is 10.6. The summed E-state index contributed by atoms with van der Waals surface area (Å²) < 4.78 is 37.5. The first-order valence-corrected chi connectivity index (χ1v) is 24.6. The minimum Gasteiger partial charge on any atom is -0.0654 e. The molecule has 0 heterocycles. The monoisotopic (exact) mass is 691 g/mol. The van der Waals surface area contributed by atoms with Gasteiger partial charge in [0, 0.05) is 0 Å². The first-order valence-electron chi connectivity index (χ1n) is 20.3. The van der Waals surface area contributed by atoms with Crippen molar-refractivity contribution < 1.29 is 12.4 Å². The zero-order valence-corrected chi connectivity index (χ0v) is 33.6. The minimum absolute atomic E-state index is 0.520. The zero-order valence-electron chi connectivity index (χ0n) is 31.9. The van der Waals surface area contributed by atoms with Gasteiger partial charge in [-0.05, 0) is 0 Å². The first-order chi connectivity index (χ1) is 22.7. The van der Waals surface area contributed by atoms with E-state index in [2.05, 4.69) is 59.7 Å². The Balaban J connectivity index is 2.63. The maximum atomic E-state index is 15.2. The second-order valence-electron chi connectivity index (χ2n) is 14.7. The third-order valence-corrected chi connectivity index (χ3v) is 20.2. The molecule has 0 aliphatic heterocycles. The molecule has 5 heteroatoms. The number of unbranched alkanes of at least 4 members (excludes halogenated alkanes) is 15. The maximum absolute atomic E-state index is 15.2. The van der Waals surface area contributed by atoms with Crippen molar-refractivity contribution in [1.82, 2.24) is 0 Å². The molecule has 2 aromatic carbocycles. The molecule has 47 heavy (non-hydrogen) atoms. The normalized spacial score (nSPS) is 13.3. The van der Waals surface area contributed by atoms with Gasteiger partial charge in [0.05, 0.1) is 0 Å². The Morgan fingerprint density at radius 3 is 1.49 bits per heavy atom. The molecule has 0 radical (unpaired) electrons. The van der Waals surface area contributed by atoms with Crippen LogP contribution >= 0.6 is 6.83 Å². The molecule has 0 amide bonds. The van der Waals surface area contributed by atoms with Crippen LogP contribution in [0.15, 0.2) is 35.2 Å². The van der Waals surface area contributed by atoms with Gasteiger partial charge in [0.1, 0.15) is 0 Å². The van der Waals surface area contributed by atoms with Gasteiger partial charge in [-0.25, -0.2) is 0 Å². The summed E-state index contributed by atoms with van der Waals surface area (Å²) in [5.41, 5.74) is 2.32. The van der Waals surface area contributed by atoms with E-state index in [1.165, 1.54) is 76.2 Å². The van der Waals surface area contributed by atoms with E-state index >= 15 is 8.42 Å². The average molecular weight is 691 g/mol. The van der Waals surface area contributed by atoms with Crippen LogP contribution in [0.1, 0.15) is 181 Å². The molecular weight excluding hydrogens is 616 g/mol. The molecule has 0 saturated heterocycles. The van der Waals surface area contributed by atoms with Crippen LogP contribution in [0, 0.1) is 0 Å². The third kappa shape index (κ3) is 13.4. The standard InChI is InChI=1S/C42H75O3PS/c1-7-13-18-20-22-24-26-30-38-37-39-31-28-29-33-41(39)42(40(38)32-27-25-23-21-19-14-8-2)47(43,44)45-46(12-6,34-15-9-3,35-16-10-4)36-17-11-5/h28-29,31,33,37H,7-27,30,32,34-36H2,1-6H3. The fourth-order valence-corrected chi connectivity index (χ4v) is 17.5. The van der Waals surface area contributed by atoms with Crippen molar-refractivity contribution >= 4 is 27.7 Å². The number of aryl methyl sites for hydroxylation is 1. The van der Waals surface area contributed by atoms with Crippen LogP contribution in [-0.2, 0) is 26.9 Å². The molecule has 272 valence electrons. The predicted octanol–water partition coefficient (Wildman–Crippen LogP) is 14.0. The van der Waals surface area contributed by atoms with E-state index in [9.17, 15) is 0 Å². The minimum atomic E-state index is -4.00. The van der Waals surface area contributed by atoms with Gasteiger partial charge >= 0.3 is 274 Å². The van der Waals surface area contributed by atoms with E-state index in [-0.39, 0.29) is 0 Å². The Hall–Kier alpha value is -0.960. The molecule has 0 aliphatic rings. The predicted molar refractivity (Wildman–Crippen MR) is 212 cm³/mol. The van der Waals surface area contributed by atoms with Crippen LogP contribution in [0.25, 0.3) is 10.8 Å². The molecule has 3 nitrogen and oxygen atoms in total. The van der Waals surface area contributed by atoms with Crippen molar-refractivity contribution in [3.8, 4) is 0 Å². The van der Waals surface area contributed by atoms with Crippen molar-refractivity contribution in [3.05, 3.63) is 41.5 Å². The van der Waals surface area contributed by atoms with Crippen LogP contribution in [0.2, 0.25) is 0 Å². The molecule has 0 bridgehead atoms. The molecule has 2 aromatic rings. The Morgan fingerprint density at radius 1 is 0.553 bits per heavy atom. The second kappa shape index (κ2) is 22.7. The Labute approximate surface area is 292 Å². The Bertz CT molecular complexity index is 1210. The van der Waals surface area contributed by atoms with Crippen LogP contribution in [-0.4, -0.2) is 33.1 Å². The van der Waals surface area contributed by atoms with Crippen molar-refractivity contribution in [2.75, 3.05) is 24.6 Å². The van der Waals surface area contributed by atoms with E-state index in [4.69, 9.17) is 3.97 Å². The second-order valence-corrected chi connectivity index (χ2v) is 22.3. The number of benzene rings is 2. The third-order valence-electron chi connectivity index (χ3n) is 10.9. The Morgan fingerprint density at radius 2 is 1.00 bits per heavy atom. The molecule has 0 saturated carbocycles. The number of hydrogen-bond acceptors (Lipinski definition) is 3. The summed E-state index contributed by atoms with van der Waals surface area (Å²) in [5.74, 6) is 0. The SMILES string of the molecule is CCCCCCCCCc1cc2ccccc2c(S(=O)(=O)OP(CC)(CCCC)(CCCC)CCCC)c1CCCCCCCCC. The van der Waals surface area contributed by atoms with Gasteiger partial charge in [0.15, 0.2) is 0 Å². The topological polar surface area (TPSA) is 43.4 Å². The summed E-state index contributed by atoms with van der Waals surface area (Å²) >= 11 is 0. The van der Waals surface area contributed by atoms with Gasteiger partial charge in [-0.2, -0.15) is 0 Å². The van der Waals surface area contributed by atoms with E-state index in [1.807, 2.05) is 12.1 Å². The van der Waals surface area contributed by atoms with Crippen LogP contribution in [0.4, 0.5) is 0 Å². The molecular formula is C42H75O3PS. The van der Waals surface area contributed by atoms with E-state index < -0.39 is 16.9 Å². The first kappa shape index (κ1) is 42.2. The van der Waals surface area contributed by atoms with E-state index in [0.29, 0.717) is 4.90 Å². The number of fused-ring (bicyclic) bond motifs is 1. The zero-order chi connectivity index (χ0) is 34.5. The summed E-state index contributed by atoms with van der Waals surface area (Å²) in [6.07, 6.45) is 29.2. The van der Waals surface area contributed by atoms with Gasteiger partial charge in [-0.15, -0.1) is 0 Å². The molecule has 0 N–H and O–H groups in total. The quantitative estimate of drug-likeness (QED) is 0.0630. The summed E-state index contributed by atoms with van der Waals surface area (Å²) in [7, 11) is -4.00. The molecule has 0 atom stereocenters. The molecule has 0 unspecified atom stereocenters. The fraction of sp³-hybridized carbons (Fsp3) is 0.762. The van der Waals surface area contributed by atoms with Crippen molar-refractivity contribution in [2.24, 2.45) is 0 Å². The Kier molecular flexibility index (Phi) is 20.4. The van der Waals surface area contributed by atoms with Gasteiger partial charge < -0.3 is 0 Å². The van der Waals surface area contributed by atoms with E-state index in [1.54, 1.807) is 0 Å². The summed E-state index contributed by atoms with van der Waals surface area (Å²) in [5, 5.41) is 1.91. The van der Waals surface area contributed by atoms with E-state index in [0.717, 1.165) is 112 Å². The summed E-state index contributed by atoms with van der Waals surface area (Å²) in [4.78, 5) is 0.520. The summed E-state index contributed by atoms with van der Waals surface area (Å²) in [6.45, 7) is 10.4. The van der Waals surface area contributed by atoms with Crippen LogP contribution < -0.4 is 0 Å². The molecule has 0 fully saturated rings. The van der Waals surface area contributed by atoms with Crippen LogP contribution in [0.3, 0.4) is 0 Å². The van der Waals surface area contributed by atoms with Gasteiger partial charge in [-0.1, -0.05) is 20.3 Å². The van der Waals surface area contributed by atoms with Gasteiger partial charge in [0.2, 0.25) is 0 Å². The van der Waals surface area contributed by atoms with Gasteiger partial charge in [0.25, 0.3) is 0 Å². The number of hydrogen-bond donors (Lipinski definition) is 0. The van der Waals surface area contributed by atoms with Crippen LogP contribution in [0.5, 0.6) is 0 Å².